The van der Waals surface area contributed by atoms with Crippen molar-refractivity contribution in [2.45, 2.75) is 52.1 Å². The summed E-state index contributed by atoms with van der Waals surface area (Å²) in [7, 11) is 2.15. The molecule has 1 saturated heterocycles. The molecule has 5 nitrogen and oxygen atoms in total. The largest absolute Gasteiger partial charge is 0.370 e. The van der Waals surface area contributed by atoms with Crippen LogP contribution in [0.5, 0.6) is 0 Å². The molecule has 1 fully saturated rings. The van der Waals surface area contributed by atoms with E-state index < -0.39 is 0 Å². The van der Waals surface area contributed by atoms with Gasteiger partial charge in [0.2, 0.25) is 0 Å². The Morgan fingerprint density at radius 1 is 1.48 bits per heavy atom. The Hall–Kier alpha value is -0.0800. The van der Waals surface area contributed by atoms with Gasteiger partial charge in [0.25, 0.3) is 0 Å². The third kappa shape index (κ3) is 7.65. The molecule has 0 spiro atoms. The second-order valence-corrected chi connectivity index (χ2v) is 5.82. The van der Waals surface area contributed by atoms with Gasteiger partial charge >= 0.3 is 0 Å². The van der Waals surface area contributed by atoms with Crippen LogP contribution in [0, 0.1) is 0 Å². The number of aliphatic imine (C=N–C) groups is 1. The van der Waals surface area contributed by atoms with E-state index >= 15 is 0 Å². The number of halogens is 1. The van der Waals surface area contributed by atoms with Gasteiger partial charge < -0.3 is 16.0 Å². The zero-order valence-electron chi connectivity index (χ0n) is 14.1. The predicted molar refractivity (Wildman–Crippen MR) is 103 cm³/mol. The predicted octanol–water partition coefficient (Wildman–Crippen LogP) is 1.72. The van der Waals surface area contributed by atoms with E-state index in [4.69, 9.17) is 5.73 Å². The van der Waals surface area contributed by atoms with E-state index in [2.05, 4.69) is 47.9 Å². The minimum atomic E-state index is 0. The van der Waals surface area contributed by atoms with Gasteiger partial charge in [-0.25, -0.2) is 0 Å². The Morgan fingerprint density at radius 2 is 2.19 bits per heavy atom. The maximum absolute atomic E-state index is 5.94. The van der Waals surface area contributed by atoms with Crippen LogP contribution in [0.15, 0.2) is 4.99 Å². The lowest BCUT2D eigenvalue weighted by molar-refractivity contribution is 0.255. The Kier molecular flexibility index (Phi) is 11.4. The monoisotopic (exact) mass is 411 g/mol. The van der Waals surface area contributed by atoms with Crippen molar-refractivity contribution in [3.05, 3.63) is 0 Å². The molecule has 6 heteroatoms. The Morgan fingerprint density at radius 3 is 2.81 bits per heavy atom. The van der Waals surface area contributed by atoms with E-state index in [-0.39, 0.29) is 24.0 Å². The molecule has 2 unspecified atom stereocenters. The Labute approximate surface area is 147 Å². The molecular formula is C15H34IN5. The van der Waals surface area contributed by atoms with Crippen LogP contribution in [0.25, 0.3) is 0 Å². The minimum Gasteiger partial charge on any atom is -0.370 e. The van der Waals surface area contributed by atoms with Gasteiger partial charge in [0.15, 0.2) is 5.96 Å². The van der Waals surface area contributed by atoms with Gasteiger partial charge in [-0.05, 0) is 46.3 Å². The molecule has 1 heterocycles. The number of likely N-dealkylation sites (N-methyl/N-ethyl adjacent to an activating group) is 2. The average Bonchev–Trinajstić information content (AvgIpc) is 2.91. The van der Waals surface area contributed by atoms with E-state index in [1.54, 1.807) is 0 Å². The van der Waals surface area contributed by atoms with Crippen molar-refractivity contribution in [3.8, 4) is 0 Å². The van der Waals surface area contributed by atoms with Crippen LogP contribution in [0.2, 0.25) is 0 Å². The van der Waals surface area contributed by atoms with Crippen LogP contribution in [0.3, 0.4) is 0 Å². The zero-order chi connectivity index (χ0) is 15.0. The van der Waals surface area contributed by atoms with Gasteiger partial charge in [-0.15, -0.1) is 24.0 Å². The third-order valence-electron chi connectivity index (χ3n) is 4.49. The minimum absolute atomic E-state index is 0. The molecule has 0 aromatic rings. The number of hydrogen-bond acceptors (Lipinski definition) is 3. The van der Waals surface area contributed by atoms with E-state index in [0.717, 1.165) is 26.2 Å². The van der Waals surface area contributed by atoms with Gasteiger partial charge in [-0.2, -0.15) is 0 Å². The lowest BCUT2D eigenvalue weighted by atomic mass is 10.2. The first kappa shape index (κ1) is 20.9. The number of nitrogens with two attached hydrogens (primary N) is 1. The molecule has 1 aliphatic rings. The summed E-state index contributed by atoms with van der Waals surface area (Å²) in [6, 6.07) is 1.20. The summed E-state index contributed by atoms with van der Waals surface area (Å²) in [4.78, 5) is 9.33. The molecular weight excluding hydrogens is 377 g/mol. The Balaban J connectivity index is 0.00000400. The molecule has 3 N–H and O–H groups in total. The number of guanidine groups is 1. The van der Waals surface area contributed by atoms with Crippen molar-refractivity contribution in [2.75, 3.05) is 39.8 Å². The number of likely N-dealkylation sites (tertiary alicyclic amines) is 1. The quantitative estimate of drug-likeness (QED) is 0.363. The standard InChI is InChI=1S/C15H33N5.HI/c1-5-13(3)19(4)11-9-17-15(16)18-12-14-8-7-10-20(14)6-2;/h13-14H,5-12H2,1-4H3,(H3,16,17,18);1H. The number of nitrogens with zero attached hydrogens (tertiary/aromatic N) is 3. The van der Waals surface area contributed by atoms with Gasteiger partial charge in [0.05, 0.1) is 6.54 Å². The van der Waals surface area contributed by atoms with Gasteiger partial charge in [0.1, 0.15) is 0 Å². The highest BCUT2D eigenvalue weighted by Crippen LogP contribution is 2.16. The molecule has 0 aromatic heterocycles. The first-order valence-corrected chi connectivity index (χ1v) is 8.06. The highest BCUT2D eigenvalue weighted by atomic mass is 127. The smallest absolute Gasteiger partial charge is 0.188 e. The van der Waals surface area contributed by atoms with Crippen LogP contribution >= 0.6 is 24.0 Å². The molecule has 1 rings (SSSR count). The van der Waals surface area contributed by atoms with Crippen molar-refractivity contribution >= 4 is 29.9 Å². The summed E-state index contributed by atoms with van der Waals surface area (Å²) in [6.07, 6.45) is 3.72. The molecule has 0 radical (unpaired) electrons. The molecule has 126 valence electrons. The first-order valence-electron chi connectivity index (χ1n) is 8.06. The van der Waals surface area contributed by atoms with Crippen molar-refractivity contribution in [1.29, 1.82) is 0 Å². The molecule has 0 bridgehead atoms. The highest BCUT2D eigenvalue weighted by molar-refractivity contribution is 14.0. The van der Waals surface area contributed by atoms with Gasteiger partial charge in [-0.1, -0.05) is 13.8 Å². The maximum atomic E-state index is 5.94. The fourth-order valence-corrected chi connectivity index (χ4v) is 2.67. The average molecular weight is 411 g/mol. The second kappa shape index (κ2) is 11.5. The fraction of sp³-hybridized carbons (Fsp3) is 0.933. The maximum Gasteiger partial charge on any atom is 0.188 e. The van der Waals surface area contributed by atoms with Crippen molar-refractivity contribution in [1.82, 2.24) is 15.1 Å². The molecule has 1 aliphatic heterocycles. The van der Waals surface area contributed by atoms with Crippen LogP contribution in [0.1, 0.15) is 40.0 Å². The van der Waals surface area contributed by atoms with Gasteiger partial charge in [0, 0.05) is 25.2 Å². The number of hydrogen-bond donors (Lipinski definition) is 2. The van der Waals surface area contributed by atoms with Crippen LogP contribution < -0.4 is 11.1 Å². The summed E-state index contributed by atoms with van der Waals surface area (Å²) in [5.74, 6) is 0.588. The van der Waals surface area contributed by atoms with Crippen LogP contribution in [-0.2, 0) is 0 Å². The molecule has 0 aromatic carbocycles. The van der Waals surface area contributed by atoms with Crippen molar-refractivity contribution in [3.63, 3.8) is 0 Å². The van der Waals surface area contributed by atoms with E-state index in [1.807, 2.05) is 0 Å². The molecule has 0 aliphatic carbocycles. The normalized spacial score (nSPS) is 21.4. The zero-order valence-corrected chi connectivity index (χ0v) is 16.5. The van der Waals surface area contributed by atoms with Crippen LogP contribution in [0.4, 0.5) is 0 Å². The molecule has 0 amide bonds. The summed E-state index contributed by atoms with van der Waals surface area (Å²) in [6.45, 7) is 11.7. The van der Waals surface area contributed by atoms with Crippen molar-refractivity contribution in [2.24, 2.45) is 10.7 Å². The summed E-state index contributed by atoms with van der Waals surface area (Å²) < 4.78 is 0. The lowest BCUT2D eigenvalue weighted by Crippen LogP contribution is -2.40. The van der Waals surface area contributed by atoms with Crippen molar-refractivity contribution < 1.29 is 0 Å². The molecule has 2 atom stereocenters. The topological polar surface area (TPSA) is 56.9 Å². The van der Waals surface area contributed by atoms with E-state index in [1.165, 1.54) is 25.8 Å². The molecule has 21 heavy (non-hydrogen) atoms. The fourth-order valence-electron chi connectivity index (χ4n) is 2.67. The van der Waals surface area contributed by atoms with Gasteiger partial charge in [-0.3, -0.25) is 9.89 Å². The third-order valence-corrected chi connectivity index (χ3v) is 4.49. The SMILES string of the molecule is CCC(C)N(C)CCNC(N)=NCC1CCCN1CC.I. The summed E-state index contributed by atoms with van der Waals surface area (Å²) >= 11 is 0. The molecule has 0 saturated carbocycles. The Bertz CT molecular complexity index is 298. The van der Waals surface area contributed by atoms with E-state index in [0.29, 0.717) is 18.0 Å². The summed E-state index contributed by atoms with van der Waals surface area (Å²) in [5.41, 5.74) is 5.94. The van der Waals surface area contributed by atoms with E-state index in [9.17, 15) is 0 Å². The van der Waals surface area contributed by atoms with Crippen LogP contribution in [-0.4, -0.2) is 67.6 Å². The lowest BCUT2D eigenvalue weighted by Gasteiger charge is -2.23. The second-order valence-electron chi connectivity index (χ2n) is 5.82. The highest BCUT2D eigenvalue weighted by Gasteiger charge is 2.22. The summed E-state index contributed by atoms with van der Waals surface area (Å²) in [5, 5.41) is 3.22. The number of rotatable bonds is 8. The first-order chi connectivity index (χ1) is 9.58. The number of nitrogens with one attached hydrogen (secondary N) is 1.